The highest BCUT2D eigenvalue weighted by Crippen LogP contribution is 2.24. The lowest BCUT2D eigenvalue weighted by Crippen LogP contribution is -2.45. The van der Waals surface area contributed by atoms with Crippen LogP contribution in [0.25, 0.3) is 16.5 Å². The molecule has 0 aliphatic carbocycles. The first-order valence-corrected chi connectivity index (χ1v) is 9.36. The molecule has 3 aromatic rings. The second-order valence-corrected chi connectivity index (χ2v) is 7.32. The van der Waals surface area contributed by atoms with E-state index in [1.165, 1.54) is 0 Å². The molecule has 2 atom stereocenters. The van der Waals surface area contributed by atoms with E-state index in [4.69, 9.17) is 5.73 Å². The van der Waals surface area contributed by atoms with E-state index in [-0.39, 0.29) is 11.9 Å². The Balaban J connectivity index is 1.67. The normalized spacial score (nSPS) is 18.6. The van der Waals surface area contributed by atoms with Crippen LogP contribution in [0.15, 0.2) is 36.7 Å². The number of carbonyl (C=O) groups excluding carboxylic acids is 1. The number of benzene rings is 1. The number of hydrogen-bond acceptors (Lipinski definition) is 5. The van der Waals surface area contributed by atoms with Gasteiger partial charge in [0.1, 0.15) is 0 Å². The van der Waals surface area contributed by atoms with Crippen molar-refractivity contribution in [1.29, 1.82) is 0 Å². The Bertz CT molecular complexity index is 974. The molecule has 2 N–H and O–H groups in total. The Morgan fingerprint density at radius 3 is 3.00 bits per heavy atom. The summed E-state index contributed by atoms with van der Waals surface area (Å²) in [4.78, 5) is 19.1. The predicted molar refractivity (Wildman–Crippen MR) is 104 cm³/mol. The van der Waals surface area contributed by atoms with Gasteiger partial charge in [0.25, 0.3) is 5.91 Å². The van der Waals surface area contributed by atoms with E-state index in [2.05, 4.69) is 15.3 Å². The number of piperidine rings is 1. The van der Waals surface area contributed by atoms with E-state index >= 15 is 0 Å². The van der Waals surface area contributed by atoms with Crippen LogP contribution in [0.5, 0.6) is 0 Å². The van der Waals surface area contributed by atoms with Crippen LogP contribution >= 0.6 is 0 Å². The molecule has 1 amide bonds. The summed E-state index contributed by atoms with van der Waals surface area (Å²) in [5.74, 6) is 0.273. The van der Waals surface area contributed by atoms with Gasteiger partial charge in [0.05, 0.1) is 11.4 Å². The van der Waals surface area contributed by atoms with Gasteiger partial charge in [0.2, 0.25) is 0 Å². The lowest BCUT2D eigenvalue weighted by atomic mass is 9.92. The van der Waals surface area contributed by atoms with Crippen LogP contribution in [-0.4, -0.2) is 49.9 Å². The van der Waals surface area contributed by atoms with E-state index in [1.54, 1.807) is 10.9 Å². The molecule has 4 rings (SSSR count). The highest BCUT2D eigenvalue weighted by atomic mass is 16.2. The van der Waals surface area contributed by atoms with Crippen LogP contribution in [0.2, 0.25) is 0 Å². The molecule has 2 unspecified atom stereocenters. The molecule has 7 heteroatoms. The second-order valence-electron chi connectivity index (χ2n) is 7.32. The number of pyridine rings is 1. The van der Waals surface area contributed by atoms with Crippen LogP contribution in [0.4, 0.5) is 0 Å². The summed E-state index contributed by atoms with van der Waals surface area (Å²) in [7, 11) is 0. The molecular weight excluding hydrogens is 340 g/mol. The maximum atomic E-state index is 13.1. The number of rotatable bonds is 3. The van der Waals surface area contributed by atoms with Crippen LogP contribution in [0, 0.1) is 12.8 Å². The topological polar surface area (TPSA) is 89.9 Å². The highest BCUT2D eigenvalue weighted by Gasteiger charge is 2.29. The first-order valence-electron chi connectivity index (χ1n) is 9.36. The summed E-state index contributed by atoms with van der Waals surface area (Å²) < 4.78 is 1.74. The summed E-state index contributed by atoms with van der Waals surface area (Å²) in [5, 5.41) is 10.5. The second kappa shape index (κ2) is 7.08. The van der Waals surface area contributed by atoms with E-state index in [9.17, 15) is 4.79 Å². The number of amides is 1. The third-order valence-corrected chi connectivity index (χ3v) is 5.47. The third kappa shape index (κ3) is 3.19. The van der Waals surface area contributed by atoms with Crippen molar-refractivity contribution in [1.82, 2.24) is 24.9 Å². The van der Waals surface area contributed by atoms with Crippen LogP contribution in [0.3, 0.4) is 0 Å². The fourth-order valence-electron chi connectivity index (χ4n) is 3.82. The van der Waals surface area contributed by atoms with Crippen molar-refractivity contribution in [2.75, 3.05) is 13.1 Å². The summed E-state index contributed by atoms with van der Waals surface area (Å²) in [5.41, 5.74) is 8.10. The quantitative estimate of drug-likeness (QED) is 0.770. The van der Waals surface area contributed by atoms with Crippen molar-refractivity contribution in [2.45, 2.75) is 32.7 Å². The minimum atomic E-state index is -0.0639. The van der Waals surface area contributed by atoms with Crippen molar-refractivity contribution >= 4 is 16.7 Å². The van der Waals surface area contributed by atoms with Gasteiger partial charge in [-0.05, 0) is 44.7 Å². The lowest BCUT2D eigenvalue weighted by molar-refractivity contribution is 0.0654. The number of nitrogens with zero attached hydrogens (tertiary/aromatic N) is 5. The number of aromatic nitrogens is 4. The zero-order chi connectivity index (χ0) is 19.0. The molecule has 0 saturated carbocycles. The Morgan fingerprint density at radius 1 is 1.33 bits per heavy atom. The molecule has 7 nitrogen and oxygen atoms in total. The Morgan fingerprint density at radius 2 is 2.19 bits per heavy atom. The van der Waals surface area contributed by atoms with Crippen LogP contribution in [-0.2, 0) is 0 Å². The number of likely N-dealkylation sites (tertiary alicyclic amines) is 1. The summed E-state index contributed by atoms with van der Waals surface area (Å²) in [6, 6.07) is 7.98. The number of fused-ring (bicyclic) bond motifs is 1. The zero-order valence-corrected chi connectivity index (χ0v) is 15.7. The molecule has 1 aliphatic rings. The Labute approximate surface area is 158 Å². The molecule has 1 aliphatic heterocycles. The van der Waals surface area contributed by atoms with E-state index < -0.39 is 0 Å². The predicted octanol–water partition coefficient (Wildman–Crippen LogP) is 2.32. The molecule has 2 aromatic heterocycles. The minimum absolute atomic E-state index is 0.0639. The number of nitrogens with two attached hydrogens (primary N) is 1. The zero-order valence-electron chi connectivity index (χ0n) is 15.7. The average molecular weight is 364 g/mol. The smallest absolute Gasteiger partial charge is 0.276 e. The fraction of sp³-hybridized carbons (Fsp3) is 0.400. The van der Waals surface area contributed by atoms with Gasteiger partial charge in [-0.2, -0.15) is 0 Å². The molecular formula is C20H24N6O. The van der Waals surface area contributed by atoms with Gasteiger partial charge in [0, 0.05) is 42.3 Å². The van der Waals surface area contributed by atoms with Gasteiger partial charge >= 0.3 is 0 Å². The van der Waals surface area contributed by atoms with Gasteiger partial charge < -0.3 is 10.6 Å². The molecule has 3 heterocycles. The number of carbonyl (C=O) groups is 1. The Kier molecular flexibility index (Phi) is 4.61. The van der Waals surface area contributed by atoms with E-state index in [0.29, 0.717) is 18.2 Å². The molecule has 140 valence electrons. The maximum absolute atomic E-state index is 13.1. The van der Waals surface area contributed by atoms with Crippen molar-refractivity contribution in [3.05, 3.63) is 48.0 Å². The number of hydrogen-bond donors (Lipinski definition) is 1. The summed E-state index contributed by atoms with van der Waals surface area (Å²) in [6.07, 6.45) is 5.61. The summed E-state index contributed by atoms with van der Waals surface area (Å²) in [6.45, 7) is 5.33. The lowest BCUT2D eigenvalue weighted by Gasteiger charge is -2.34. The van der Waals surface area contributed by atoms with Gasteiger partial charge in [0.15, 0.2) is 5.69 Å². The highest BCUT2D eigenvalue weighted by molar-refractivity contribution is 5.94. The van der Waals surface area contributed by atoms with E-state index in [1.807, 2.05) is 49.2 Å². The Hall–Kier alpha value is -2.80. The minimum Gasteiger partial charge on any atom is -0.337 e. The van der Waals surface area contributed by atoms with Gasteiger partial charge in [-0.3, -0.25) is 9.78 Å². The molecule has 0 radical (unpaired) electrons. The molecule has 1 aromatic carbocycles. The van der Waals surface area contributed by atoms with Crippen molar-refractivity contribution in [3.63, 3.8) is 0 Å². The van der Waals surface area contributed by atoms with Crippen molar-refractivity contribution < 1.29 is 4.79 Å². The van der Waals surface area contributed by atoms with Gasteiger partial charge in [-0.1, -0.05) is 17.3 Å². The standard InChI is InChI=1S/C20H24N6O/c1-13(21)16-6-4-10-25(12-16)20(27)19-14(2)26(24-23-19)18-7-3-5-15-11-22-9-8-17(15)18/h3,5,7-9,11,13,16H,4,6,10,12,21H2,1-2H3. The van der Waals surface area contributed by atoms with Gasteiger partial charge in [-0.25, -0.2) is 4.68 Å². The molecule has 0 bridgehead atoms. The SMILES string of the molecule is Cc1c(C(=O)N2CCCC(C(C)N)C2)nnn1-c1cccc2cnccc12. The fourth-order valence-corrected chi connectivity index (χ4v) is 3.82. The molecule has 27 heavy (non-hydrogen) atoms. The van der Waals surface area contributed by atoms with Crippen LogP contribution in [0.1, 0.15) is 35.9 Å². The first-order chi connectivity index (χ1) is 13.1. The summed E-state index contributed by atoms with van der Waals surface area (Å²) >= 11 is 0. The monoisotopic (exact) mass is 364 g/mol. The largest absolute Gasteiger partial charge is 0.337 e. The molecule has 1 fully saturated rings. The van der Waals surface area contributed by atoms with E-state index in [0.717, 1.165) is 41.5 Å². The third-order valence-electron chi connectivity index (χ3n) is 5.47. The average Bonchev–Trinajstić information content (AvgIpc) is 3.08. The molecule has 1 saturated heterocycles. The molecule has 0 spiro atoms. The first kappa shape index (κ1) is 17.6. The van der Waals surface area contributed by atoms with Crippen LogP contribution < -0.4 is 5.73 Å². The maximum Gasteiger partial charge on any atom is 0.276 e. The van der Waals surface area contributed by atoms with Crippen molar-refractivity contribution in [2.24, 2.45) is 11.7 Å². The van der Waals surface area contributed by atoms with Gasteiger partial charge in [-0.15, -0.1) is 5.10 Å². The van der Waals surface area contributed by atoms with Crippen molar-refractivity contribution in [3.8, 4) is 5.69 Å².